The molecule has 2 aliphatic heterocycles. The van der Waals surface area contributed by atoms with Crippen LogP contribution in [0.3, 0.4) is 0 Å². The van der Waals surface area contributed by atoms with Crippen LogP contribution >= 0.6 is 0 Å². The summed E-state index contributed by atoms with van der Waals surface area (Å²) < 4.78 is 14.5. The zero-order chi connectivity index (χ0) is 31.2. The highest BCUT2D eigenvalue weighted by Crippen LogP contribution is 2.43. The van der Waals surface area contributed by atoms with E-state index in [4.69, 9.17) is 9.47 Å². The number of amides is 1. The number of hydrogen-bond donors (Lipinski definition) is 1. The van der Waals surface area contributed by atoms with Crippen LogP contribution in [0.5, 0.6) is 11.5 Å². The van der Waals surface area contributed by atoms with Crippen molar-refractivity contribution in [2.45, 2.75) is 64.5 Å². The molecule has 2 aromatic heterocycles. The Bertz CT molecular complexity index is 1780. The average Bonchev–Trinajstić information content (AvgIpc) is 3.84. The molecule has 3 aliphatic rings. The Morgan fingerprint density at radius 2 is 1.77 bits per heavy atom. The third-order valence-electron chi connectivity index (χ3n) is 8.86. The molecule has 7 rings (SSSR count). The van der Waals surface area contributed by atoms with Gasteiger partial charge in [-0.05, 0) is 61.2 Å². The molecule has 44 heavy (non-hydrogen) atoms. The Labute approximate surface area is 256 Å². The molecule has 4 heterocycles. The number of aromatic nitrogens is 2. The van der Waals surface area contributed by atoms with Gasteiger partial charge in [-0.15, -0.1) is 0 Å². The fraction of sp³-hybridized carbons (Fsp3) is 0.371. The van der Waals surface area contributed by atoms with Crippen molar-refractivity contribution >= 4 is 28.6 Å². The highest BCUT2D eigenvalue weighted by molar-refractivity contribution is 6.03. The van der Waals surface area contributed by atoms with Gasteiger partial charge < -0.3 is 24.0 Å². The number of hydrogen-bond acceptors (Lipinski definition) is 6. The van der Waals surface area contributed by atoms with Crippen molar-refractivity contribution in [3.63, 3.8) is 0 Å². The molecular formula is C35H37N3O6. The maximum absolute atomic E-state index is 13.7. The quantitative estimate of drug-likeness (QED) is 0.273. The number of carboxylic acids is 1. The minimum atomic E-state index is -1.06. The third-order valence-corrected chi connectivity index (χ3v) is 8.86. The molecule has 0 radical (unpaired) electrons. The molecule has 9 nitrogen and oxygen atoms in total. The first-order valence-electron chi connectivity index (χ1n) is 15.3. The van der Waals surface area contributed by atoms with Gasteiger partial charge in [0.1, 0.15) is 17.1 Å². The molecule has 0 bridgehead atoms. The van der Waals surface area contributed by atoms with Crippen molar-refractivity contribution in [1.82, 2.24) is 14.5 Å². The fourth-order valence-corrected chi connectivity index (χ4v) is 6.45. The molecule has 2 aromatic carbocycles. The molecule has 1 N–H and O–H groups in total. The van der Waals surface area contributed by atoms with Gasteiger partial charge in [-0.3, -0.25) is 14.6 Å². The molecule has 2 fully saturated rings. The summed E-state index contributed by atoms with van der Waals surface area (Å²) in [5.41, 5.74) is 4.01. The number of carbonyl (C=O) groups is 3. The van der Waals surface area contributed by atoms with E-state index in [1.54, 1.807) is 25.4 Å². The standard InChI is InChI=1S/C33H31N3O6.C2H6/c1-19-18-36(24-4-5-24)26-13-21(14-29(41-2)30(19)26)31(38)35-9-7-33(8-10-35)15-27(37)25-12-20(3-6-28(25)42-33)22-11-23(32(39)40)17-34-16-22;1-2/h3,6,11-14,16-18,24H,4-5,7-10,15H2,1-2H3,(H,39,40);1-2H3. The number of carboxylic acid groups (broad SMARTS) is 1. The molecule has 1 amide bonds. The SMILES string of the molecule is CC.COc1cc(C(=O)N2CCC3(CC2)CC(=O)c2cc(-c4cncc(C(=O)O)c4)ccc2O3)cc2c1c(C)cn2C1CC1. The first kappa shape index (κ1) is 29.4. The number of aryl methyl sites for hydroxylation is 1. The number of ether oxygens (including phenoxy) is 2. The number of Topliss-reactive ketones (excluding diaryl/α,β-unsaturated/α-hetero) is 1. The second-order valence-corrected chi connectivity index (χ2v) is 11.7. The Morgan fingerprint density at radius 3 is 2.45 bits per heavy atom. The molecular weight excluding hydrogens is 558 g/mol. The van der Waals surface area contributed by atoms with E-state index in [0.717, 1.165) is 29.3 Å². The molecule has 1 aliphatic carbocycles. The van der Waals surface area contributed by atoms with Crippen LogP contribution < -0.4 is 9.47 Å². The smallest absolute Gasteiger partial charge is 0.337 e. The van der Waals surface area contributed by atoms with Crippen molar-refractivity contribution < 1.29 is 29.0 Å². The van der Waals surface area contributed by atoms with Gasteiger partial charge in [-0.2, -0.15) is 0 Å². The molecule has 0 unspecified atom stereocenters. The molecule has 1 spiro atoms. The number of rotatable bonds is 5. The molecule has 1 saturated carbocycles. The van der Waals surface area contributed by atoms with Crippen LogP contribution in [0.15, 0.2) is 55.0 Å². The maximum Gasteiger partial charge on any atom is 0.337 e. The van der Waals surface area contributed by atoms with Gasteiger partial charge in [0.2, 0.25) is 0 Å². The normalized spacial score (nSPS) is 17.0. The van der Waals surface area contributed by atoms with Gasteiger partial charge in [-0.1, -0.05) is 19.9 Å². The predicted octanol–water partition coefficient (Wildman–Crippen LogP) is 6.72. The van der Waals surface area contributed by atoms with E-state index in [-0.39, 0.29) is 23.7 Å². The monoisotopic (exact) mass is 595 g/mol. The van der Waals surface area contributed by atoms with Gasteiger partial charge in [0.15, 0.2) is 5.78 Å². The highest BCUT2D eigenvalue weighted by atomic mass is 16.5. The van der Waals surface area contributed by atoms with Gasteiger partial charge in [0, 0.05) is 67.1 Å². The van der Waals surface area contributed by atoms with E-state index < -0.39 is 11.6 Å². The molecule has 9 heteroatoms. The number of piperidine rings is 1. The summed E-state index contributed by atoms with van der Waals surface area (Å²) in [5.74, 6) is 0.103. The Kier molecular flexibility index (Phi) is 7.65. The van der Waals surface area contributed by atoms with E-state index >= 15 is 0 Å². The Balaban J connectivity index is 0.00000168. The van der Waals surface area contributed by atoms with E-state index in [9.17, 15) is 19.5 Å². The van der Waals surface area contributed by atoms with Crippen LogP contribution in [-0.4, -0.2) is 63.0 Å². The number of carbonyl (C=O) groups excluding carboxylic acids is 2. The Hall–Kier alpha value is -4.66. The summed E-state index contributed by atoms with van der Waals surface area (Å²) in [7, 11) is 1.64. The second-order valence-electron chi connectivity index (χ2n) is 11.7. The summed E-state index contributed by atoms with van der Waals surface area (Å²) in [4.78, 5) is 44.3. The number of pyridine rings is 1. The predicted molar refractivity (Wildman–Crippen MR) is 167 cm³/mol. The lowest BCUT2D eigenvalue weighted by Crippen LogP contribution is -2.52. The van der Waals surface area contributed by atoms with Gasteiger partial charge in [-0.25, -0.2) is 4.79 Å². The van der Waals surface area contributed by atoms with E-state index in [1.807, 2.05) is 36.9 Å². The van der Waals surface area contributed by atoms with Crippen molar-refractivity contribution in [2.24, 2.45) is 0 Å². The number of benzene rings is 2. The number of nitrogens with zero attached hydrogens (tertiary/aromatic N) is 3. The number of fused-ring (bicyclic) bond motifs is 2. The van der Waals surface area contributed by atoms with Crippen LogP contribution in [0.25, 0.3) is 22.0 Å². The van der Waals surface area contributed by atoms with Crippen molar-refractivity contribution in [3.05, 3.63) is 77.2 Å². The van der Waals surface area contributed by atoms with E-state index in [1.165, 1.54) is 12.3 Å². The number of ketones is 1. The number of aromatic carboxylic acids is 1. The fourth-order valence-electron chi connectivity index (χ4n) is 6.45. The summed E-state index contributed by atoms with van der Waals surface area (Å²) in [6, 6.07) is 11.2. The largest absolute Gasteiger partial charge is 0.496 e. The van der Waals surface area contributed by atoms with E-state index in [0.29, 0.717) is 65.7 Å². The molecule has 0 atom stereocenters. The minimum absolute atomic E-state index is 0.0216. The molecule has 4 aromatic rings. The van der Waals surface area contributed by atoms with Crippen molar-refractivity contribution in [3.8, 4) is 22.6 Å². The van der Waals surface area contributed by atoms with E-state index in [2.05, 4.69) is 22.7 Å². The zero-order valence-corrected chi connectivity index (χ0v) is 25.6. The lowest BCUT2D eigenvalue weighted by atomic mass is 9.82. The number of likely N-dealkylation sites (tertiary alicyclic amines) is 1. The topological polar surface area (TPSA) is 111 Å². The molecule has 228 valence electrons. The summed E-state index contributed by atoms with van der Waals surface area (Å²) in [6.45, 7) is 7.04. The van der Waals surface area contributed by atoms with Crippen LogP contribution in [-0.2, 0) is 0 Å². The Morgan fingerprint density at radius 1 is 1.02 bits per heavy atom. The van der Waals surface area contributed by atoms with Crippen LogP contribution in [0.4, 0.5) is 0 Å². The van der Waals surface area contributed by atoms with Crippen molar-refractivity contribution in [2.75, 3.05) is 20.2 Å². The third kappa shape index (κ3) is 5.20. The lowest BCUT2D eigenvalue weighted by molar-refractivity contribution is -0.00572. The summed E-state index contributed by atoms with van der Waals surface area (Å²) >= 11 is 0. The first-order chi connectivity index (χ1) is 21.2. The van der Waals surface area contributed by atoms with Gasteiger partial charge in [0.05, 0.1) is 30.2 Å². The van der Waals surface area contributed by atoms with Crippen LogP contribution in [0.1, 0.15) is 88.6 Å². The lowest BCUT2D eigenvalue weighted by Gasteiger charge is -2.44. The van der Waals surface area contributed by atoms with Crippen molar-refractivity contribution in [1.29, 1.82) is 0 Å². The zero-order valence-electron chi connectivity index (χ0n) is 25.6. The van der Waals surface area contributed by atoms with Gasteiger partial charge >= 0.3 is 5.97 Å². The average molecular weight is 596 g/mol. The first-order valence-corrected chi connectivity index (χ1v) is 15.3. The minimum Gasteiger partial charge on any atom is -0.496 e. The second kappa shape index (κ2) is 11.4. The van der Waals surface area contributed by atoms with Gasteiger partial charge in [0.25, 0.3) is 5.91 Å². The summed E-state index contributed by atoms with van der Waals surface area (Å²) in [5, 5.41) is 10.4. The summed E-state index contributed by atoms with van der Waals surface area (Å²) in [6.07, 6.45) is 8.65. The van der Waals surface area contributed by atoms with Crippen LogP contribution in [0.2, 0.25) is 0 Å². The van der Waals surface area contributed by atoms with Crippen LogP contribution in [0, 0.1) is 6.92 Å². The highest BCUT2D eigenvalue weighted by Gasteiger charge is 2.44. The molecule has 1 saturated heterocycles. The number of methoxy groups -OCH3 is 1. The maximum atomic E-state index is 13.7.